The van der Waals surface area contributed by atoms with Gasteiger partial charge in [0.15, 0.2) is 0 Å². The van der Waals surface area contributed by atoms with Crippen LogP contribution < -0.4 is 0 Å². The van der Waals surface area contributed by atoms with E-state index >= 15 is 0 Å². The quantitative estimate of drug-likeness (QED) is 0.780. The van der Waals surface area contributed by atoms with Crippen LogP contribution in [0.3, 0.4) is 0 Å². The van der Waals surface area contributed by atoms with E-state index in [2.05, 4.69) is 0 Å². The zero-order chi connectivity index (χ0) is 13.2. The molecule has 1 rings (SSSR count). The summed E-state index contributed by atoms with van der Waals surface area (Å²) in [6.45, 7) is 5.92. The second kappa shape index (κ2) is 5.62. The van der Waals surface area contributed by atoms with Gasteiger partial charge in [-0.25, -0.2) is 0 Å². The first kappa shape index (κ1) is 15.5. The first-order chi connectivity index (χ1) is 7.74. The Morgan fingerprint density at radius 1 is 1.47 bits per heavy atom. The van der Waals surface area contributed by atoms with Crippen LogP contribution in [0.15, 0.2) is 0 Å². The average molecular weight is 288 g/mol. The van der Waals surface area contributed by atoms with Gasteiger partial charge in [0.1, 0.15) is 0 Å². The van der Waals surface area contributed by atoms with Crippen molar-refractivity contribution >= 4 is 15.5 Å². The maximum atomic E-state index is 11.6. The van der Waals surface area contributed by atoms with Crippen LogP contribution in [0.1, 0.15) is 13.3 Å². The monoisotopic (exact) mass is 288 g/mol. The molecule has 0 aromatic carbocycles. The van der Waals surface area contributed by atoms with Crippen LogP contribution in [-0.2, 0) is 22.7 Å². The fourth-order valence-electron chi connectivity index (χ4n) is 1.35. The summed E-state index contributed by atoms with van der Waals surface area (Å²) in [5.74, 6) is 0. The molecule has 1 fully saturated rings. The van der Waals surface area contributed by atoms with Crippen molar-refractivity contribution in [2.45, 2.75) is 13.3 Å². The van der Waals surface area contributed by atoms with Crippen LogP contribution in [0.5, 0.6) is 0 Å². The third kappa shape index (κ3) is 4.56. The summed E-state index contributed by atoms with van der Waals surface area (Å²) in [7, 11) is -4.57. The van der Waals surface area contributed by atoms with Crippen LogP contribution in [0.25, 0.3) is 0 Å². The third-order valence-corrected chi connectivity index (χ3v) is 5.60. The molecule has 1 N–H and O–H groups in total. The first-order valence-corrected chi connectivity index (χ1v) is 9.78. The predicted molar refractivity (Wildman–Crippen MR) is 67.6 cm³/mol. The van der Waals surface area contributed by atoms with Gasteiger partial charge in [0.25, 0.3) is 0 Å². The first-order valence-electron chi connectivity index (χ1n) is 5.52. The van der Waals surface area contributed by atoms with Crippen molar-refractivity contribution in [1.29, 1.82) is 0 Å². The van der Waals surface area contributed by atoms with Gasteiger partial charge in [-0.3, -0.25) is 0 Å². The molecule has 6 nitrogen and oxygen atoms in total. The molecule has 1 aliphatic heterocycles. The fraction of sp³-hybridized carbons (Fsp3) is 1.00. The van der Waals surface area contributed by atoms with Gasteiger partial charge in [-0.1, -0.05) is 0 Å². The van der Waals surface area contributed by atoms with Crippen LogP contribution in [-0.4, -0.2) is 45.2 Å². The molecule has 0 amide bonds. The van der Waals surface area contributed by atoms with Gasteiger partial charge in [-0.2, -0.15) is 0 Å². The molecule has 0 bridgehead atoms. The molecule has 1 unspecified atom stereocenters. The predicted octanol–water partition coefficient (Wildman–Crippen LogP) is 2.03. The van der Waals surface area contributed by atoms with E-state index in [-0.39, 0.29) is 12.0 Å². The fourth-order valence-corrected chi connectivity index (χ4v) is 3.20. The van der Waals surface area contributed by atoms with Crippen LogP contribution in [0.2, 0.25) is 0 Å². The second-order valence-electron chi connectivity index (χ2n) is 4.56. The zero-order valence-electron chi connectivity index (χ0n) is 10.8. The molecule has 104 valence electrons. The van der Waals surface area contributed by atoms with E-state index in [1.807, 2.05) is 6.92 Å². The maximum absolute atomic E-state index is 11.6. The molecule has 0 aromatic rings. The Bertz CT molecular complexity index is 296. The Balaban J connectivity index is 2.57. The molecule has 1 heterocycles. The minimum absolute atomic E-state index is 0.232. The topological polar surface area (TPSA) is 74.2 Å². The van der Waals surface area contributed by atoms with Crippen molar-refractivity contribution in [2.75, 3.05) is 40.3 Å². The van der Waals surface area contributed by atoms with E-state index in [0.29, 0.717) is 13.2 Å². The molecule has 0 aliphatic carbocycles. The van der Waals surface area contributed by atoms with Gasteiger partial charge >= 0.3 is 102 Å². The van der Waals surface area contributed by atoms with Gasteiger partial charge < -0.3 is 0 Å². The third-order valence-electron chi connectivity index (χ3n) is 2.98. The molecule has 0 saturated carbocycles. The van der Waals surface area contributed by atoms with Crippen LogP contribution in [0.4, 0.5) is 0 Å². The van der Waals surface area contributed by atoms with Crippen LogP contribution in [0, 0.1) is 5.41 Å². The van der Waals surface area contributed by atoms with E-state index in [1.165, 1.54) is 13.8 Å². The van der Waals surface area contributed by atoms with Gasteiger partial charge in [0.05, 0.1) is 0 Å². The van der Waals surface area contributed by atoms with Gasteiger partial charge in [0.2, 0.25) is 0 Å². The molecule has 8 heteroatoms. The molecule has 0 spiro atoms. The Morgan fingerprint density at radius 2 is 2.00 bits per heavy atom. The van der Waals surface area contributed by atoms with Crippen molar-refractivity contribution in [1.82, 2.24) is 0 Å². The summed E-state index contributed by atoms with van der Waals surface area (Å²) >= 11 is 0. The van der Waals surface area contributed by atoms with E-state index in [0.717, 1.165) is 6.42 Å². The Morgan fingerprint density at radius 3 is 2.41 bits per heavy atom. The van der Waals surface area contributed by atoms with E-state index < -0.39 is 15.5 Å². The van der Waals surface area contributed by atoms with Crippen molar-refractivity contribution in [3.05, 3.63) is 0 Å². The number of hydrogen-bond acceptors (Lipinski definition) is 6. The van der Waals surface area contributed by atoms with E-state index in [1.54, 1.807) is 6.66 Å². The Labute approximate surface area is 103 Å². The van der Waals surface area contributed by atoms with Gasteiger partial charge in [0, 0.05) is 0 Å². The molecular formula is C9H22O6P2. The summed E-state index contributed by atoms with van der Waals surface area (Å²) in [4.78, 5) is 9.65. The molecule has 0 aromatic heterocycles. The molecule has 0 radical (unpaired) electrons. The zero-order valence-corrected chi connectivity index (χ0v) is 12.7. The summed E-state index contributed by atoms with van der Waals surface area (Å²) in [5, 5.41) is 0. The standard InChI is InChI=1S/C9H22O6P2/c1-5-9(6-13-16(3,10)12-2)7-14-17(4,11)15-8-9/h11,17H,5-8H2,1-4H3. The van der Waals surface area contributed by atoms with Crippen molar-refractivity contribution in [2.24, 2.45) is 5.41 Å². The number of rotatable bonds is 5. The van der Waals surface area contributed by atoms with Crippen molar-refractivity contribution in [3.8, 4) is 0 Å². The molecule has 1 atom stereocenters. The average Bonchev–Trinajstić information content (AvgIpc) is 2.29. The van der Waals surface area contributed by atoms with Gasteiger partial charge in [-0.05, 0) is 0 Å². The van der Waals surface area contributed by atoms with E-state index in [9.17, 15) is 9.46 Å². The van der Waals surface area contributed by atoms with Crippen molar-refractivity contribution < 1.29 is 27.6 Å². The molecule has 17 heavy (non-hydrogen) atoms. The minimum atomic E-state index is -2.99. The second-order valence-corrected chi connectivity index (χ2v) is 9.09. The van der Waals surface area contributed by atoms with Crippen molar-refractivity contribution in [3.63, 3.8) is 0 Å². The Hall–Kier alpha value is 0.460. The summed E-state index contributed by atoms with van der Waals surface area (Å²) in [6, 6.07) is 0. The summed E-state index contributed by atoms with van der Waals surface area (Å²) in [6.07, 6.45) is 0.751. The summed E-state index contributed by atoms with van der Waals surface area (Å²) in [5.41, 5.74) is -0.362. The Kier molecular flexibility index (Phi) is 5.13. The number of hydrogen-bond donors (Lipinski definition) is 1. The van der Waals surface area contributed by atoms with Crippen LogP contribution >= 0.6 is 15.5 Å². The molecule has 1 aliphatic rings. The SMILES string of the molecule is CCC1(COP(C)(=O)OC)CO[PH](C)(O)OC1. The van der Waals surface area contributed by atoms with Gasteiger partial charge in [-0.15, -0.1) is 0 Å². The summed E-state index contributed by atoms with van der Waals surface area (Å²) < 4.78 is 32.4. The molecular weight excluding hydrogens is 266 g/mol. The normalized spacial score (nSPS) is 33.9. The molecule has 1 saturated heterocycles. The van der Waals surface area contributed by atoms with E-state index in [4.69, 9.17) is 18.1 Å².